The minimum atomic E-state index is 0.0131. The van der Waals surface area contributed by atoms with Crippen molar-refractivity contribution in [3.63, 3.8) is 0 Å². The minimum Gasteiger partial charge on any atom is -0.351 e. The Kier molecular flexibility index (Phi) is 2.65. The number of hydrogen-bond donors (Lipinski definition) is 2. The minimum absolute atomic E-state index is 0.0131. The highest BCUT2D eigenvalue weighted by atomic mass is 35.5. The van der Waals surface area contributed by atoms with Crippen LogP contribution < -0.4 is 10.6 Å². The molecule has 1 aromatic carbocycles. The Labute approximate surface area is 126 Å². The molecule has 6 heteroatoms. The number of fused-ring (bicyclic) bond motifs is 2. The number of nitrogens with zero attached hydrogens (tertiary/aromatic N) is 2. The summed E-state index contributed by atoms with van der Waals surface area (Å²) in [6.45, 7) is 0.738. The first-order valence-electron chi connectivity index (χ1n) is 6.85. The van der Waals surface area contributed by atoms with Crippen molar-refractivity contribution < 1.29 is 4.79 Å². The van der Waals surface area contributed by atoms with Gasteiger partial charge in [0.05, 0.1) is 0 Å². The van der Waals surface area contributed by atoms with E-state index in [9.17, 15) is 4.79 Å². The summed E-state index contributed by atoms with van der Waals surface area (Å²) in [6.07, 6.45) is 3.86. The third-order valence-corrected chi connectivity index (χ3v) is 4.36. The fourth-order valence-corrected chi connectivity index (χ4v) is 3.00. The van der Waals surface area contributed by atoms with E-state index in [-0.39, 0.29) is 16.6 Å². The maximum absolute atomic E-state index is 11.9. The SMILES string of the molecule is O=C1NCC2(CC2)c2cc(Nc3ccnc(Cl)n3)ccc21. The highest BCUT2D eigenvalue weighted by molar-refractivity contribution is 6.28. The number of hydrogen-bond acceptors (Lipinski definition) is 4. The Morgan fingerprint density at radius 2 is 2.14 bits per heavy atom. The normalized spacial score (nSPS) is 18.0. The molecule has 1 aromatic heterocycles. The second-order valence-electron chi connectivity index (χ2n) is 5.56. The molecule has 106 valence electrons. The number of carbonyl (C=O) groups excluding carboxylic acids is 1. The van der Waals surface area contributed by atoms with Crippen LogP contribution in [0.25, 0.3) is 0 Å². The number of nitrogens with one attached hydrogen (secondary N) is 2. The topological polar surface area (TPSA) is 66.9 Å². The Balaban J connectivity index is 1.70. The molecule has 2 N–H and O–H groups in total. The van der Waals surface area contributed by atoms with Crippen molar-refractivity contribution in [2.24, 2.45) is 0 Å². The zero-order chi connectivity index (χ0) is 14.4. The molecular weight excluding hydrogens is 288 g/mol. The molecule has 2 aromatic rings. The number of benzene rings is 1. The van der Waals surface area contributed by atoms with Crippen LogP contribution in [-0.2, 0) is 5.41 Å². The standard InChI is InChI=1S/C15H13ClN4O/c16-14-17-6-3-12(20-14)19-9-1-2-10-11(7-9)15(4-5-15)8-18-13(10)21/h1-3,6-7H,4-5,8H2,(H,18,21)(H,17,19,20). The van der Waals surface area contributed by atoms with Gasteiger partial charge in [0.1, 0.15) is 5.82 Å². The average Bonchev–Trinajstić information content (AvgIpc) is 3.25. The van der Waals surface area contributed by atoms with E-state index < -0.39 is 0 Å². The molecule has 21 heavy (non-hydrogen) atoms. The van der Waals surface area contributed by atoms with Crippen molar-refractivity contribution in [3.8, 4) is 0 Å². The number of aromatic nitrogens is 2. The van der Waals surface area contributed by atoms with Gasteiger partial charge in [-0.1, -0.05) is 0 Å². The first-order chi connectivity index (χ1) is 10.2. The van der Waals surface area contributed by atoms with Crippen LogP contribution in [0.3, 0.4) is 0 Å². The number of carbonyl (C=O) groups is 1. The Morgan fingerprint density at radius 1 is 1.29 bits per heavy atom. The summed E-state index contributed by atoms with van der Waals surface area (Å²) in [7, 11) is 0. The smallest absolute Gasteiger partial charge is 0.251 e. The van der Waals surface area contributed by atoms with Crippen LogP contribution >= 0.6 is 11.6 Å². The Bertz CT molecular complexity index is 742. The molecule has 1 aliphatic carbocycles. The van der Waals surface area contributed by atoms with Gasteiger partial charge in [0.2, 0.25) is 5.28 Å². The van der Waals surface area contributed by atoms with Gasteiger partial charge >= 0.3 is 0 Å². The summed E-state index contributed by atoms with van der Waals surface area (Å²) in [5, 5.41) is 6.38. The van der Waals surface area contributed by atoms with Crippen LogP contribution in [0.1, 0.15) is 28.8 Å². The van der Waals surface area contributed by atoms with E-state index in [4.69, 9.17) is 11.6 Å². The van der Waals surface area contributed by atoms with E-state index in [1.54, 1.807) is 12.3 Å². The number of anilines is 2. The predicted molar refractivity (Wildman–Crippen MR) is 80.0 cm³/mol. The lowest BCUT2D eigenvalue weighted by Gasteiger charge is -2.26. The molecule has 1 fully saturated rings. The van der Waals surface area contributed by atoms with Gasteiger partial charge in [-0.3, -0.25) is 4.79 Å². The van der Waals surface area contributed by atoms with Gasteiger partial charge in [0.25, 0.3) is 5.91 Å². The van der Waals surface area contributed by atoms with E-state index in [0.29, 0.717) is 5.82 Å². The first-order valence-corrected chi connectivity index (χ1v) is 7.22. The second-order valence-corrected chi connectivity index (χ2v) is 5.90. The molecule has 1 spiro atoms. The van der Waals surface area contributed by atoms with Gasteiger partial charge in [0, 0.05) is 29.4 Å². The summed E-state index contributed by atoms with van der Waals surface area (Å²) >= 11 is 5.79. The van der Waals surface area contributed by atoms with Gasteiger partial charge in [-0.25, -0.2) is 9.97 Å². The zero-order valence-corrected chi connectivity index (χ0v) is 11.9. The van der Waals surface area contributed by atoms with E-state index in [0.717, 1.165) is 36.2 Å². The van der Waals surface area contributed by atoms with Crippen molar-refractivity contribution >= 4 is 29.0 Å². The quantitative estimate of drug-likeness (QED) is 0.837. The zero-order valence-electron chi connectivity index (χ0n) is 11.2. The molecule has 2 heterocycles. The van der Waals surface area contributed by atoms with Crippen LogP contribution in [0.5, 0.6) is 0 Å². The summed E-state index contributed by atoms with van der Waals surface area (Å²) in [6, 6.07) is 7.56. The lowest BCUT2D eigenvalue weighted by atomic mass is 9.87. The van der Waals surface area contributed by atoms with Crippen molar-refractivity contribution in [2.75, 3.05) is 11.9 Å². The van der Waals surface area contributed by atoms with E-state index in [1.807, 2.05) is 12.1 Å². The largest absolute Gasteiger partial charge is 0.351 e. The maximum Gasteiger partial charge on any atom is 0.251 e. The molecule has 0 radical (unpaired) electrons. The average molecular weight is 301 g/mol. The van der Waals surface area contributed by atoms with E-state index in [1.165, 1.54) is 0 Å². The highest BCUT2D eigenvalue weighted by Crippen LogP contribution is 2.51. The van der Waals surface area contributed by atoms with Crippen LogP contribution in [-0.4, -0.2) is 22.4 Å². The molecular formula is C15H13ClN4O. The fourth-order valence-electron chi connectivity index (χ4n) is 2.85. The summed E-state index contributed by atoms with van der Waals surface area (Å²) in [5.74, 6) is 0.652. The molecule has 1 aliphatic heterocycles. The van der Waals surface area contributed by atoms with Gasteiger partial charge in [-0.05, 0) is 54.3 Å². The summed E-state index contributed by atoms with van der Waals surface area (Å²) in [5.41, 5.74) is 2.97. The highest BCUT2D eigenvalue weighted by Gasteiger charge is 2.48. The Morgan fingerprint density at radius 3 is 2.90 bits per heavy atom. The Hall–Kier alpha value is -2.14. The molecule has 0 atom stereocenters. The predicted octanol–water partition coefficient (Wildman–Crippen LogP) is 2.65. The van der Waals surface area contributed by atoms with Crippen molar-refractivity contribution in [1.29, 1.82) is 0 Å². The second kappa shape index (κ2) is 4.43. The lowest BCUT2D eigenvalue weighted by molar-refractivity contribution is 0.0937. The van der Waals surface area contributed by atoms with Gasteiger partial charge in [0.15, 0.2) is 0 Å². The summed E-state index contributed by atoms with van der Waals surface area (Å²) < 4.78 is 0. The molecule has 0 saturated heterocycles. The van der Waals surface area contributed by atoms with Gasteiger partial charge in [-0.15, -0.1) is 0 Å². The summed E-state index contributed by atoms with van der Waals surface area (Å²) in [4.78, 5) is 19.9. The van der Waals surface area contributed by atoms with E-state index >= 15 is 0 Å². The van der Waals surface area contributed by atoms with Gasteiger partial charge < -0.3 is 10.6 Å². The van der Waals surface area contributed by atoms with Crippen molar-refractivity contribution in [3.05, 3.63) is 46.9 Å². The number of halogens is 1. The number of rotatable bonds is 2. The molecule has 0 unspecified atom stereocenters. The molecule has 1 amide bonds. The van der Waals surface area contributed by atoms with Crippen molar-refractivity contribution in [1.82, 2.24) is 15.3 Å². The number of amides is 1. The lowest BCUT2D eigenvalue weighted by Crippen LogP contribution is -2.39. The van der Waals surface area contributed by atoms with Crippen LogP contribution in [0.4, 0.5) is 11.5 Å². The van der Waals surface area contributed by atoms with Crippen LogP contribution in [0.2, 0.25) is 5.28 Å². The third kappa shape index (κ3) is 2.14. The van der Waals surface area contributed by atoms with E-state index in [2.05, 4.69) is 26.7 Å². The monoisotopic (exact) mass is 300 g/mol. The molecule has 2 aliphatic rings. The van der Waals surface area contributed by atoms with Crippen LogP contribution in [0.15, 0.2) is 30.5 Å². The molecule has 0 bridgehead atoms. The molecule has 1 saturated carbocycles. The van der Waals surface area contributed by atoms with Crippen molar-refractivity contribution in [2.45, 2.75) is 18.3 Å². The van der Waals surface area contributed by atoms with Gasteiger partial charge in [-0.2, -0.15) is 0 Å². The molecule has 4 rings (SSSR count). The fraction of sp³-hybridized carbons (Fsp3) is 0.267. The maximum atomic E-state index is 11.9. The molecule has 5 nitrogen and oxygen atoms in total. The third-order valence-electron chi connectivity index (χ3n) is 4.18. The van der Waals surface area contributed by atoms with Crippen LogP contribution in [0, 0.1) is 0 Å². The first kappa shape index (κ1) is 12.6.